The van der Waals surface area contributed by atoms with Gasteiger partial charge in [0.15, 0.2) is 0 Å². The molecule has 3 heteroatoms. The predicted molar refractivity (Wildman–Crippen MR) is 89.4 cm³/mol. The second-order valence-corrected chi connectivity index (χ2v) is 6.87. The van der Waals surface area contributed by atoms with Gasteiger partial charge in [0.25, 0.3) is 0 Å². The van der Waals surface area contributed by atoms with Gasteiger partial charge < -0.3 is 5.11 Å². The fourth-order valence-corrected chi connectivity index (χ4v) is 4.08. The van der Waals surface area contributed by atoms with Crippen LogP contribution in [0.15, 0.2) is 52.3 Å². The third-order valence-corrected chi connectivity index (χ3v) is 4.89. The molecule has 0 amide bonds. The van der Waals surface area contributed by atoms with Gasteiger partial charge in [-0.15, -0.1) is 11.3 Å². The predicted octanol–water partition coefficient (Wildman–Crippen LogP) is 5.25. The molecule has 0 bridgehead atoms. The number of thiophene rings is 1. The Kier molecular flexibility index (Phi) is 3.92. The third kappa shape index (κ3) is 2.80. The number of rotatable bonds is 3. The van der Waals surface area contributed by atoms with E-state index in [9.17, 15) is 5.11 Å². The van der Waals surface area contributed by atoms with Crippen molar-refractivity contribution < 1.29 is 5.11 Å². The summed E-state index contributed by atoms with van der Waals surface area (Å²) in [5.74, 6) is 0. The average Bonchev–Trinajstić information content (AvgIpc) is 2.81. The van der Waals surface area contributed by atoms with Crippen molar-refractivity contribution in [3.05, 3.63) is 69.0 Å². The van der Waals surface area contributed by atoms with Crippen LogP contribution in [-0.2, 0) is 6.42 Å². The Balaban J connectivity index is 1.90. The average molecular weight is 347 g/mol. The fraction of sp³-hybridized carbons (Fsp3) is 0.176. The van der Waals surface area contributed by atoms with Crippen molar-refractivity contribution in [3.63, 3.8) is 0 Å². The second-order valence-electron chi connectivity index (χ2n) is 5.04. The molecule has 0 saturated heterocycles. The van der Waals surface area contributed by atoms with E-state index in [2.05, 4.69) is 45.6 Å². The molecule has 1 heterocycles. The molecule has 1 unspecified atom stereocenters. The molecule has 0 spiro atoms. The zero-order valence-electron chi connectivity index (χ0n) is 11.1. The summed E-state index contributed by atoms with van der Waals surface area (Å²) < 4.78 is 2.29. The molecule has 3 rings (SSSR count). The van der Waals surface area contributed by atoms with Crippen molar-refractivity contribution in [1.29, 1.82) is 0 Å². The molecular formula is C17H15BrOS. The summed E-state index contributed by atoms with van der Waals surface area (Å²) >= 11 is 5.23. The lowest BCUT2D eigenvalue weighted by molar-refractivity contribution is 0.179. The highest BCUT2D eigenvalue weighted by Gasteiger charge is 2.12. The van der Waals surface area contributed by atoms with E-state index in [1.54, 1.807) is 11.3 Å². The maximum Gasteiger partial charge on any atom is 0.0831 e. The first-order valence-corrected chi connectivity index (χ1v) is 8.21. The molecule has 0 saturated carbocycles. The molecule has 102 valence electrons. The third-order valence-electron chi connectivity index (χ3n) is 3.42. The van der Waals surface area contributed by atoms with Crippen LogP contribution in [0.25, 0.3) is 10.1 Å². The van der Waals surface area contributed by atoms with Gasteiger partial charge in [0, 0.05) is 15.6 Å². The van der Waals surface area contributed by atoms with Crippen LogP contribution in [0.1, 0.15) is 22.8 Å². The van der Waals surface area contributed by atoms with Crippen molar-refractivity contribution in [2.24, 2.45) is 0 Å². The first-order valence-electron chi connectivity index (χ1n) is 6.54. The van der Waals surface area contributed by atoms with Gasteiger partial charge in [-0.3, -0.25) is 0 Å². The Labute approximate surface area is 131 Å². The summed E-state index contributed by atoms with van der Waals surface area (Å²) in [5, 5.41) is 13.9. The second kappa shape index (κ2) is 5.68. The highest BCUT2D eigenvalue weighted by Crippen LogP contribution is 2.30. The number of aliphatic hydroxyl groups is 1. The van der Waals surface area contributed by atoms with Crippen molar-refractivity contribution in [2.75, 3.05) is 0 Å². The van der Waals surface area contributed by atoms with Crippen LogP contribution < -0.4 is 0 Å². The number of fused-ring (bicyclic) bond motifs is 1. The van der Waals surface area contributed by atoms with Crippen LogP contribution in [0.2, 0.25) is 0 Å². The highest BCUT2D eigenvalue weighted by molar-refractivity contribution is 9.10. The summed E-state index contributed by atoms with van der Waals surface area (Å²) in [7, 11) is 0. The van der Waals surface area contributed by atoms with Gasteiger partial charge in [0.2, 0.25) is 0 Å². The van der Waals surface area contributed by atoms with Crippen molar-refractivity contribution >= 4 is 37.4 Å². The maximum atomic E-state index is 10.5. The van der Waals surface area contributed by atoms with E-state index in [-0.39, 0.29) is 0 Å². The Morgan fingerprint density at radius 3 is 2.80 bits per heavy atom. The van der Waals surface area contributed by atoms with E-state index in [4.69, 9.17) is 0 Å². The number of halogens is 1. The van der Waals surface area contributed by atoms with Gasteiger partial charge in [-0.2, -0.15) is 0 Å². The van der Waals surface area contributed by atoms with Crippen LogP contribution in [-0.4, -0.2) is 5.11 Å². The Morgan fingerprint density at radius 2 is 2.00 bits per heavy atom. The molecule has 0 aliphatic heterocycles. The van der Waals surface area contributed by atoms with Crippen LogP contribution in [0.3, 0.4) is 0 Å². The molecule has 0 aliphatic carbocycles. The number of benzene rings is 2. The number of aryl methyl sites for hydroxylation is 1. The van der Waals surface area contributed by atoms with E-state index < -0.39 is 6.10 Å². The van der Waals surface area contributed by atoms with Gasteiger partial charge >= 0.3 is 0 Å². The number of hydrogen-bond donors (Lipinski definition) is 1. The first-order chi connectivity index (χ1) is 9.63. The monoisotopic (exact) mass is 346 g/mol. The summed E-state index contributed by atoms with van der Waals surface area (Å²) in [4.78, 5) is 0. The molecule has 0 fully saturated rings. The first kappa shape index (κ1) is 13.8. The summed E-state index contributed by atoms with van der Waals surface area (Å²) in [6.45, 7) is 2.04. The molecule has 0 radical (unpaired) electrons. The summed E-state index contributed by atoms with van der Waals surface area (Å²) in [5.41, 5.74) is 3.34. The lowest BCUT2D eigenvalue weighted by Gasteiger charge is -2.12. The summed E-state index contributed by atoms with van der Waals surface area (Å²) in [6, 6.07) is 14.4. The minimum Gasteiger partial charge on any atom is -0.388 e. The lowest BCUT2D eigenvalue weighted by Crippen LogP contribution is -2.01. The molecule has 1 nitrogen and oxygen atoms in total. The standard InChI is InChI=1S/C17H15BrOS/c1-11-6-12(8-14(18)7-11)16(19)9-13-10-20-17-5-3-2-4-15(13)17/h2-8,10,16,19H,9H2,1H3. The maximum absolute atomic E-state index is 10.5. The molecule has 1 aromatic heterocycles. The van der Waals surface area contributed by atoms with Crippen LogP contribution in [0.4, 0.5) is 0 Å². The summed E-state index contributed by atoms with van der Waals surface area (Å²) in [6.07, 6.45) is 0.184. The molecule has 1 N–H and O–H groups in total. The highest BCUT2D eigenvalue weighted by atomic mass is 79.9. The van der Waals surface area contributed by atoms with E-state index in [0.29, 0.717) is 6.42 Å². The van der Waals surface area contributed by atoms with Gasteiger partial charge in [0.1, 0.15) is 0 Å². The molecule has 1 atom stereocenters. The Bertz CT molecular complexity index is 727. The van der Waals surface area contributed by atoms with Crippen molar-refractivity contribution in [2.45, 2.75) is 19.4 Å². The lowest BCUT2D eigenvalue weighted by atomic mass is 10.00. The minimum absolute atomic E-state index is 0.468. The van der Waals surface area contributed by atoms with Gasteiger partial charge in [-0.05, 0) is 52.6 Å². The minimum atomic E-state index is -0.468. The Morgan fingerprint density at radius 1 is 1.20 bits per heavy atom. The quantitative estimate of drug-likeness (QED) is 0.686. The molecule has 3 aromatic rings. The van der Waals surface area contributed by atoms with Crippen LogP contribution in [0, 0.1) is 6.92 Å². The van der Waals surface area contributed by atoms with E-state index in [0.717, 1.165) is 15.6 Å². The molecule has 2 aromatic carbocycles. The topological polar surface area (TPSA) is 20.2 Å². The molecular weight excluding hydrogens is 332 g/mol. The van der Waals surface area contributed by atoms with Gasteiger partial charge in [0.05, 0.1) is 6.10 Å². The molecule has 0 aliphatic rings. The molecule has 20 heavy (non-hydrogen) atoms. The SMILES string of the molecule is Cc1cc(Br)cc(C(O)Cc2csc3ccccc23)c1. The van der Waals surface area contributed by atoms with E-state index >= 15 is 0 Å². The van der Waals surface area contributed by atoms with Gasteiger partial charge in [-0.25, -0.2) is 0 Å². The largest absolute Gasteiger partial charge is 0.388 e. The number of hydrogen-bond acceptors (Lipinski definition) is 2. The zero-order valence-corrected chi connectivity index (χ0v) is 13.5. The van der Waals surface area contributed by atoms with Crippen molar-refractivity contribution in [3.8, 4) is 0 Å². The Hall–Kier alpha value is -1.16. The van der Waals surface area contributed by atoms with Gasteiger partial charge in [-0.1, -0.05) is 40.2 Å². The van der Waals surface area contributed by atoms with Crippen LogP contribution in [0.5, 0.6) is 0 Å². The van der Waals surface area contributed by atoms with E-state index in [1.807, 2.05) is 25.1 Å². The van der Waals surface area contributed by atoms with Crippen LogP contribution >= 0.6 is 27.3 Å². The van der Waals surface area contributed by atoms with E-state index in [1.165, 1.54) is 15.6 Å². The zero-order chi connectivity index (χ0) is 14.1. The number of aliphatic hydroxyl groups excluding tert-OH is 1. The normalized spacial score (nSPS) is 12.8. The van der Waals surface area contributed by atoms with Crippen molar-refractivity contribution in [1.82, 2.24) is 0 Å². The smallest absolute Gasteiger partial charge is 0.0831 e. The fourth-order valence-electron chi connectivity index (χ4n) is 2.47.